The standard InChI is InChI=1S/C32H33N9O3S/c1-19(2)14-37-45(43,44)29-12-24-27(39-31(42)21-5-3-9-33-15-21)13-28(30(24)25-17-35-26(11-23(25)29)20-7-8-20)41-18-36-40-32(41)38-22-6-4-10-34-16-22/h3-6,9-12,15-20,27-28,37H,7-8,13-14H2,1-2H3,(H,38,40)(H,39,42)/t27-,28-/m1/s1. The first-order chi connectivity index (χ1) is 21.8. The summed E-state index contributed by atoms with van der Waals surface area (Å²) in [6.07, 6.45) is 12.4. The number of hydrogen-bond acceptors (Lipinski definition) is 9. The lowest BCUT2D eigenvalue weighted by Gasteiger charge is -2.20. The highest BCUT2D eigenvalue weighted by atomic mass is 32.2. The number of amides is 1. The van der Waals surface area contributed by atoms with Gasteiger partial charge in [-0.3, -0.25) is 24.3 Å². The summed E-state index contributed by atoms with van der Waals surface area (Å²) >= 11 is 0. The second kappa shape index (κ2) is 11.6. The number of sulfonamides is 1. The van der Waals surface area contributed by atoms with Crippen LogP contribution in [0.25, 0.3) is 10.8 Å². The van der Waals surface area contributed by atoms with Crippen LogP contribution < -0.4 is 15.4 Å². The number of carbonyl (C=O) groups is 1. The van der Waals surface area contributed by atoms with Crippen molar-refractivity contribution in [1.29, 1.82) is 0 Å². The monoisotopic (exact) mass is 623 g/mol. The second-order valence-electron chi connectivity index (χ2n) is 12.0. The molecule has 0 radical (unpaired) electrons. The fraction of sp³-hybridized carbons (Fsp3) is 0.312. The summed E-state index contributed by atoms with van der Waals surface area (Å²) in [6, 6.07) is 9.90. The minimum absolute atomic E-state index is 0.125. The van der Waals surface area contributed by atoms with Gasteiger partial charge in [0.1, 0.15) is 6.33 Å². The van der Waals surface area contributed by atoms with Crippen molar-refractivity contribution in [3.8, 4) is 0 Å². The highest BCUT2D eigenvalue weighted by Crippen LogP contribution is 2.48. The van der Waals surface area contributed by atoms with E-state index >= 15 is 0 Å². The number of rotatable bonds is 10. The van der Waals surface area contributed by atoms with Crippen LogP contribution in [0.15, 0.2) is 78.6 Å². The van der Waals surface area contributed by atoms with Crippen LogP contribution in [0.3, 0.4) is 0 Å². The number of anilines is 2. The van der Waals surface area contributed by atoms with E-state index in [1.807, 2.05) is 36.6 Å². The molecule has 1 amide bonds. The Morgan fingerprint density at radius 3 is 2.56 bits per heavy atom. The van der Waals surface area contributed by atoms with Gasteiger partial charge in [0, 0.05) is 53.7 Å². The van der Waals surface area contributed by atoms with Crippen LogP contribution in [0, 0.1) is 5.92 Å². The highest BCUT2D eigenvalue weighted by Gasteiger charge is 2.39. The molecule has 2 aliphatic rings. The lowest BCUT2D eigenvalue weighted by Crippen LogP contribution is -2.29. The van der Waals surface area contributed by atoms with Gasteiger partial charge >= 0.3 is 0 Å². The number of benzene rings is 1. The molecular formula is C32H33N9O3S. The fourth-order valence-electron chi connectivity index (χ4n) is 5.90. The van der Waals surface area contributed by atoms with Crippen LogP contribution in [0.5, 0.6) is 0 Å². The molecule has 7 rings (SSSR count). The fourth-order valence-corrected chi connectivity index (χ4v) is 7.35. The summed E-state index contributed by atoms with van der Waals surface area (Å²) in [5.74, 6) is 0.641. The zero-order chi connectivity index (χ0) is 31.1. The molecule has 5 aromatic rings. The van der Waals surface area contributed by atoms with Crippen molar-refractivity contribution >= 4 is 38.3 Å². The first-order valence-corrected chi connectivity index (χ1v) is 16.5. The lowest BCUT2D eigenvalue weighted by molar-refractivity contribution is 0.0935. The van der Waals surface area contributed by atoms with Gasteiger partial charge in [0.25, 0.3) is 5.91 Å². The molecule has 45 heavy (non-hydrogen) atoms. The molecule has 0 unspecified atom stereocenters. The van der Waals surface area contributed by atoms with E-state index < -0.39 is 16.1 Å². The Balaban J connectivity index is 1.39. The summed E-state index contributed by atoms with van der Waals surface area (Å²) < 4.78 is 32.5. The third-order valence-electron chi connectivity index (χ3n) is 8.27. The van der Waals surface area contributed by atoms with Crippen molar-refractivity contribution in [1.82, 2.24) is 39.8 Å². The Kier molecular flexibility index (Phi) is 7.50. The topological polar surface area (TPSA) is 157 Å². The van der Waals surface area contributed by atoms with E-state index in [9.17, 15) is 13.2 Å². The van der Waals surface area contributed by atoms with Crippen LogP contribution in [0.1, 0.15) is 78.3 Å². The average Bonchev–Trinajstić information content (AvgIpc) is 3.71. The molecule has 230 valence electrons. The first kappa shape index (κ1) is 29.0. The molecule has 1 fully saturated rings. The smallest absolute Gasteiger partial charge is 0.253 e. The zero-order valence-electron chi connectivity index (χ0n) is 24.9. The van der Waals surface area contributed by atoms with Crippen LogP contribution in [-0.2, 0) is 10.0 Å². The molecule has 4 heterocycles. The molecular weight excluding hydrogens is 590 g/mol. The maximum atomic E-state index is 13.9. The predicted molar refractivity (Wildman–Crippen MR) is 168 cm³/mol. The lowest BCUT2D eigenvalue weighted by atomic mass is 9.98. The summed E-state index contributed by atoms with van der Waals surface area (Å²) in [5, 5.41) is 16.3. The Labute approximate surface area is 260 Å². The third kappa shape index (κ3) is 5.76. The number of carbonyl (C=O) groups excluding carboxylic acids is 1. The second-order valence-corrected chi connectivity index (χ2v) is 13.7. The maximum absolute atomic E-state index is 13.9. The highest BCUT2D eigenvalue weighted by molar-refractivity contribution is 7.89. The van der Waals surface area contributed by atoms with E-state index in [1.165, 1.54) is 6.20 Å². The van der Waals surface area contributed by atoms with Crippen molar-refractivity contribution < 1.29 is 13.2 Å². The molecule has 1 aromatic carbocycles. The van der Waals surface area contributed by atoms with E-state index in [0.717, 1.165) is 29.8 Å². The molecule has 0 bridgehead atoms. The van der Waals surface area contributed by atoms with Crippen molar-refractivity contribution in [2.45, 2.75) is 56.0 Å². The van der Waals surface area contributed by atoms with E-state index in [0.29, 0.717) is 46.7 Å². The van der Waals surface area contributed by atoms with Gasteiger partial charge in [0.2, 0.25) is 16.0 Å². The van der Waals surface area contributed by atoms with Crippen molar-refractivity contribution in [2.24, 2.45) is 5.92 Å². The van der Waals surface area contributed by atoms with Crippen LogP contribution in [0.4, 0.5) is 11.6 Å². The van der Waals surface area contributed by atoms with Gasteiger partial charge < -0.3 is 10.6 Å². The number of fused-ring (bicyclic) bond motifs is 3. The minimum atomic E-state index is -3.90. The molecule has 2 atom stereocenters. The molecule has 1 saturated carbocycles. The van der Waals surface area contributed by atoms with E-state index in [-0.39, 0.29) is 22.8 Å². The third-order valence-corrected chi connectivity index (χ3v) is 9.73. The van der Waals surface area contributed by atoms with Gasteiger partial charge in [-0.2, -0.15) is 0 Å². The normalized spacial score (nSPS) is 17.8. The van der Waals surface area contributed by atoms with Gasteiger partial charge in [-0.25, -0.2) is 13.1 Å². The SMILES string of the molecule is CC(C)CNS(=O)(=O)c1cc2c(c3cnc(C4CC4)cc13)[C@H](n1cnnc1Nc1cccnc1)C[C@H]2NC(=O)c1cccnc1. The number of nitrogens with one attached hydrogen (secondary N) is 3. The van der Waals surface area contributed by atoms with E-state index in [4.69, 9.17) is 4.98 Å². The van der Waals surface area contributed by atoms with Crippen molar-refractivity contribution in [3.63, 3.8) is 0 Å². The number of hydrogen-bond donors (Lipinski definition) is 3. The molecule has 0 spiro atoms. The largest absolute Gasteiger partial charge is 0.345 e. The summed E-state index contributed by atoms with van der Waals surface area (Å²) in [5.41, 5.74) is 3.62. The Hall–Kier alpha value is -4.75. The number of nitrogens with zero attached hydrogens (tertiary/aromatic N) is 6. The number of aromatic nitrogens is 6. The Bertz CT molecular complexity index is 1980. The van der Waals surface area contributed by atoms with Gasteiger partial charge in [-0.05, 0) is 72.7 Å². The van der Waals surface area contributed by atoms with Gasteiger partial charge in [0.05, 0.1) is 34.4 Å². The van der Waals surface area contributed by atoms with Crippen LogP contribution >= 0.6 is 0 Å². The minimum Gasteiger partial charge on any atom is -0.345 e. The molecule has 13 heteroatoms. The van der Waals surface area contributed by atoms with Gasteiger partial charge in [-0.1, -0.05) is 13.8 Å². The van der Waals surface area contributed by atoms with Gasteiger partial charge in [-0.15, -0.1) is 10.2 Å². The van der Waals surface area contributed by atoms with Crippen molar-refractivity contribution in [2.75, 3.05) is 11.9 Å². The van der Waals surface area contributed by atoms with E-state index in [2.05, 4.69) is 35.5 Å². The first-order valence-electron chi connectivity index (χ1n) is 15.0. The molecule has 4 aromatic heterocycles. The van der Waals surface area contributed by atoms with Crippen LogP contribution in [0.2, 0.25) is 0 Å². The van der Waals surface area contributed by atoms with E-state index in [1.54, 1.807) is 49.3 Å². The predicted octanol–water partition coefficient (Wildman–Crippen LogP) is 4.64. The average molecular weight is 624 g/mol. The zero-order valence-corrected chi connectivity index (χ0v) is 25.7. The summed E-state index contributed by atoms with van der Waals surface area (Å²) in [7, 11) is -3.90. The number of pyridine rings is 3. The summed E-state index contributed by atoms with van der Waals surface area (Å²) in [4.78, 5) is 26.7. The molecule has 0 saturated heterocycles. The molecule has 0 aliphatic heterocycles. The summed E-state index contributed by atoms with van der Waals surface area (Å²) in [6.45, 7) is 4.22. The Morgan fingerprint density at radius 2 is 1.84 bits per heavy atom. The molecule has 3 N–H and O–H groups in total. The molecule has 2 aliphatic carbocycles. The van der Waals surface area contributed by atoms with Crippen molar-refractivity contribution in [3.05, 3.63) is 96.1 Å². The Morgan fingerprint density at radius 1 is 1.04 bits per heavy atom. The van der Waals surface area contributed by atoms with Crippen LogP contribution in [-0.4, -0.2) is 50.6 Å². The molecule has 12 nitrogen and oxygen atoms in total. The quantitative estimate of drug-likeness (QED) is 0.202. The maximum Gasteiger partial charge on any atom is 0.253 e. The van der Waals surface area contributed by atoms with Gasteiger partial charge in [0.15, 0.2) is 0 Å².